The van der Waals surface area contributed by atoms with E-state index >= 15 is 4.79 Å². The monoisotopic (exact) mass is 698 g/mol. The van der Waals surface area contributed by atoms with E-state index in [9.17, 15) is 32.7 Å². The highest BCUT2D eigenvalue weighted by molar-refractivity contribution is 6.33. The molecule has 0 spiro atoms. The number of fused-ring (bicyclic) bond motifs is 4. The average Bonchev–Trinajstić information content (AvgIpc) is 3.39. The molecule has 48 heavy (non-hydrogen) atoms. The third kappa shape index (κ3) is 4.56. The minimum absolute atomic E-state index is 0.0132. The number of nitrogens with one attached hydrogen (secondary N) is 1. The number of anilines is 1. The van der Waals surface area contributed by atoms with Gasteiger partial charge in [-0.05, 0) is 66.6 Å². The SMILES string of the molecule is Cc1cc(C2C3=CCC4C(=O)N(C)C(=O)C4C3CC3C(=O)N(Nc4ncc(C(F)(F)F)cc4Cl)C(=O)C32c2ccc(Cl)cc2)ccc1O. The number of hydrogen-bond acceptors (Lipinski definition) is 7. The van der Waals surface area contributed by atoms with Gasteiger partial charge in [0, 0.05) is 24.2 Å². The number of aromatic hydroxyl groups is 1. The van der Waals surface area contributed by atoms with E-state index < -0.39 is 63.6 Å². The molecule has 1 aromatic heterocycles. The van der Waals surface area contributed by atoms with Crippen LogP contribution in [0, 0.1) is 30.6 Å². The molecule has 3 heterocycles. The molecule has 0 bridgehead atoms. The Kier molecular flexibility index (Phi) is 7.41. The molecule has 2 aliphatic carbocycles. The second-order valence-electron chi connectivity index (χ2n) is 12.7. The highest BCUT2D eigenvalue weighted by Crippen LogP contribution is 2.64. The van der Waals surface area contributed by atoms with E-state index in [1.807, 2.05) is 6.08 Å². The molecule has 248 valence electrons. The first-order valence-corrected chi connectivity index (χ1v) is 15.9. The van der Waals surface area contributed by atoms with Gasteiger partial charge in [-0.1, -0.05) is 59.1 Å². The number of imide groups is 2. The molecule has 1 saturated carbocycles. The van der Waals surface area contributed by atoms with Crippen molar-refractivity contribution in [2.45, 2.75) is 37.3 Å². The summed E-state index contributed by atoms with van der Waals surface area (Å²) in [5.74, 6) is -6.40. The molecule has 3 aromatic rings. The average molecular weight is 700 g/mol. The number of nitrogens with zero attached hydrogens (tertiary/aromatic N) is 3. The summed E-state index contributed by atoms with van der Waals surface area (Å²) in [5, 5.41) is 11.1. The summed E-state index contributed by atoms with van der Waals surface area (Å²) in [6.07, 6.45) is -2.03. The summed E-state index contributed by atoms with van der Waals surface area (Å²) in [4.78, 5) is 61.2. The van der Waals surface area contributed by atoms with Gasteiger partial charge < -0.3 is 5.11 Å². The molecule has 4 aliphatic rings. The van der Waals surface area contributed by atoms with Crippen molar-refractivity contribution in [2.75, 3.05) is 12.5 Å². The van der Waals surface area contributed by atoms with Crippen LogP contribution in [0.2, 0.25) is 10.0 Å². The zero-order valence-corrected chi connectivity index (χ0v) is 26.9. The number of hydrogen-bond donors (Lipinski definition) is 2. The Bertz CT molecular complexity index is 1950. The Hall–Kier alpha value is -4.42. The largest absolute Gasteiger partial charge is 0.508 e. The smallest absolute Gasteiger partial charge is 0.417 e. The van der Waals surface area contributed by atoms with Crippen LogP contribution < -0.4 is 5.43 Å². The third-order valence-electron chi connectivity index (χ3n) is 10.3. The van der Waals surface area contributed by atoms with Crippen LogP contribution in [0.3, 0.4) is 0 Å². The summed E-state index contributed by atoms with van der Waals surface area (Å²) in [6, 6.07) is 12.0. The van der Waals surface area contributed by atoms with Crippen LogP contribution in [0.5, 0.6) is 5.75 Å². The van der Waals surface area contributed by atoms with Gasteiger partial charge in [-0.3, -0.25) is 29.5 Å². The van der Waals surface area contributed by atoms with Crippen molar-refractivity contribution in [2.24, 2.45) is 23.7 Å². The molecule has 9 nitrogen and oxygen atoms in total. The van der Waals surface area contributed by atoms with Crippen molar-refractivity contribution in [1.82, 2.24) is 14.9 Å². The minimum Gasteiger partial charge on any atom is -0.508 e. The number of alkyl halides is 3. The van der Waals surface area contributed by atoms with E-state index in [0.717, 1.165) is 9.91 Å². The van der Waals surface area contributed by atoms with Crippen molar-refractivity contribution >= 4 is 52.6 Å². The zero-order chi connectivity index (χ0) is 34.4. The van der Waals surface area contributed by atoms with Crippen molar-refractivity contribution in [3.05, 3.63) is 98.7 Å². The number of halogens is 5. The number of aromatic nitrogens is 1. The van der Waals surface area contributed by atoms with E-state index in [-0.39, 0.29) is 36.2 Å². The molecule has 3 fully saturated rings. The van der Waals surface area contributed by atoms with Crippen LogP contribution in [0.4, 0.5) is 19.0 Å². The van der Waals surface area contributed by atoms with E-state index in [2.05, 4.69) is 10.4 Å². The lowest BCUT2D eigenvalue weighted by atomic mass is 9.49. The number of phenols is 1. The van der Waals surface area contributed by atoms with Gasteiger partial charge in [0.2, 0.25) is 11.8 Å². The van der Waals surface area contributed by atoms with Crippen LogP contribution >= 0.6 is 23.2 Å². The van der Waals surface area contributed by atoms with Gasteiger partial charge in [-0.15, -0.1) is 0 Å². The molecule has 6 atom stereocenters. The molecule has 2 aromatic carbocycles. The summed E-state index contributed by atoms with van der Waals surface area (Å²) in [5.41, 5.74) is 2.07. The number of carbonyl (C=O) groups is 4. The van der Waals surface area contributed by atoms with E-state index in [4.69, 9.17) is 23.2 Å². The number of amides is 4. The second kappa shape index (κ2) is 11.1. The van der Waals surface area contributed by atoms with Crippen molar-refractivity contribution in [1.29, 1.82) is 0 Å². The second-order valence-corrected chi connectivity index (χ2v) is 13.5. The maximum atomic E-state index is 15.1. The summed E-state index contributed by atoms with van der Waals surface area (Å²) >= 11 is 12.5. The molecule has 14 heteroatoms. The fraction of sp³-hybridized carbons (Fsp3) is 0.324. The van der Waals surface area contributed by atoms with Crippen LogP contribution in [0.1, 0.15) is 41.0 Å². The Morgan fingerprint density at radius 1 is 0.979 bits per heavy atom. The van der Waals surface area contributed by atoms with Gasteiger partial charge in [-0.25, -0.2) is 4.98 Å². The highest BCUT2D eigenvalue weighted by Gasteiger charge is 2.70. The van der Waals surface area contributed by atoms with Crippen molar-refractivity contribution < 1.29 is 37.5 Å². The molecule has 4 amide bonds. The lowest BCUT2D eigenvalue weighted by Gasteiger charge is -2.50. The van der Waals surface area contributed by atoms with Gasteiger partial charge in [0.1, 0.15) is 5.75 Å². The number of pyridine rings is 1. The number of carbonyl (C=O) groups excluding carboxylic acids is 4. The predicted octanol–water partition coefficient (Wildman–Crippen LogP) is 6.04. The van der Waals surface area contributed by atoms with Gasteiger partial charge in [-0.2, -0.15) is 18.2 Å². The van der Waals surface area contributed by atoms with Crippen LogP contribution in [-0.4, -0.2) is 50.7 Å². The summed E-state index contributed by atoms with van der Waals surface area (Å²) in [7, 11) is 1.43. The van der Waals surface area contributed by atoms with E-state index in [1.54, 1.807) is 43.3 Å². The predicted molar refractivity (Wildman–Crippen MR) is 167 cm³/mol. The number of phenolic OH excluding ortho intramolecular Hbond substituents is 1. The number of aryl methyl sites for hydroxylation is 1. The maximum Gasteiger partial charge on any atom is 0.417 e. The minimum atomic E-state index is -4.73. The first-order valence-electron chi connectivity index (χ1n) is 15.1. The number of rotatable bonds is 4. The number of likely N-dealkylation sites (tertiary alicyclic amines) is 1. The zero-order valence-electron chi connectivity index (χ0n) is 25.4. The number of allylic oxidation sites excluding steroid dienone is 2. The normalized spacial score (nSPS) is 28.3. The third-order valence-corrected chi connectivity index (χ3v) is 10.9. The molecular weight excluding hydrogens is 672 g/mol. The Labute approximate surface area is 282 Å². The molecule has 2 saturated heterocycles. The highest BCUT2D eigenvalue weighted by atomic mass is 35.5. The van der Waals surface area contributed by atoms with Gasteiger partial charge in [0.15, 0.2) is 5.82 Å². The Balaban J connectivity index is 1.44. The summed E-state index contributed by atoms with van der Waals surface area (Å²) < 4.78 is 40.1. The van der Waals surface area contributed by atoms with Gasteiger partial charge in [0.05, 0.1) is 33.8 Å². The standard InChI is InChI=1S/C34H27Cl2F3N4O5/c1-15-11-16(3-10-25(15)44)27-20-8-9-21-26(31(47)42(2)29(21)45)22(20)13-23-30(46)43(32(48)33(23,27)17-4-6-19(35)7-5-17)41-28-24(36)12-18(14-40-28)34(37,38)39/h3-8,10-12,14,21-23,26-27,44H,9,13H2,1-2H3,(H,40,41). The van der Waals surface area contributed by atoms with Gasteiger partial charge >= 0.3 is 6.18 Å². The fourth-order valence-electron chi connectivity index (χ4n) is 8.17. The molecule has 6 unspecified atom stereocenters. The number of benzene rings is 2. The van der Waals surface area contributed by atoms with Crippen LogP contribution in [0.15, 0.2) is 66.4 Å². The molecule has 2 aliphatic heterocycles. The first kappa shape index (κ1) is 32.1. The Morgan fingerprint density at radius 2 is 1.69 bits per heavy atom. The lowest BCUT2D eigenvalue weighted by molar-refractivity contribution is -0.140. The molecule has 0 radical (unpaired) electrons. The fourth-order valence-corrected chi connectivity index (χ4v) is 8.51. The Morgan fingerprint density at radius 3 is 2.33 bits per heavy atom. The van der Waals surface area contributed by atoms with Gasteiger partial charge in [0.25, 0.3) is 11.8 Å². The first-order chi connectivity index (χ1) is 22.7. The number of hydrazine groups is 1. The lowest BCUT2D eigenvalue weighted by Crippen LogP contribution is -2.53. The van der Waals surface area contributed by atoms with E-state index in [0.29, 0.717) is 39.5 Å². The molecule has 7 rings (SSSR count). The maximum absolute atomic E-state index is 15.1. The van der Waals surface area contributed by atoms with Crippen molar-refractivity contribution in [3.8, 4) is 5.75 Å². The van der Waals surface area contributed by atoms with Crippen LogP contribution in [-0.2, 0) is 30.8 Å². The topological polar surface area (TPSA) is 120 Å². The van der Waals surface area contributed by atoms with E-state index in [1.165, 1.54) is 13.1 Å². The van der Waals surface area contributed by atoms with Crippen LogP contribution in [0.25, 0.3) is 0 Å². The molecule has 2 N–H and O–H groups in total. The quantitative estimate of drug-likeness (QED) is 0.252. The molecular formula is C34H27Cl2F3N4O5. The summed E-state index contributed by atoms with van der Waals surface area (Å²) in [6.45, 7) is 1.69. The van der Waals surface area contributed by atoms with Crippen molar-refractivity contribution in [3.63, 3.8) is 0 Å².